The molecular weight excluding hydrogens is 370 g/mol. The Bertz CT molecular complexity index is 1000. The standard InChI is InChI=1S/C22H19N3O4/c23-21(27)15-6-10-17(11-7-15)25-20(26)14-24-22(28)16-8-12-19(13-9-16)29-18-4-2-1-3-5-18/h1-13H,14H2,(H2,23,27)(H,24,28)(H,25,26). The van der Waals surface area contributed by atoms with Crippen molar-refractivity contribution in [2.75, 3.05) is 11.9 Å². The maximum absolute atomic E-state index is 12.2. The highest BCUT2D eigenvalue weighted by molar-refractivity contribution is 5.99. The van der Waals surface area contributed by atoms with Crippen molar-refractivity contribution < 1.29 is 19.1 Å². The van der Waals surface area contributed by atoms with Crippen LogP contribution in [0.15, 0.2) is 78.9 Å². The Labute approximate surface area is 167 Å². The predicted molar refractivity (Wildman–Crippen MR) is 109 cm³/mol. The Balaban J connectivity index is 1.49. The van der Waals surface area contributed by atoms with Gasteiger partial charge < -0.3 is 21.1 Å². The summed E-state index contributed by atoms with van der Waals surface area (Å²) in [4.78, 5) is 35.2. The molecule has 0 aliphatic rings. The fraction of sp³-hybridized carbons (Fsp3) is 0.0455. The predicted octanol–water partition coefficient (Wildman–Crippen LogP) is 2.95. The molecule has 7 nitrogen and oxygen atoms in total. The molecule has 0 aromatic heterocycles. The van der Waals surface area contributed by atoms with E-state index in [0.29, 0.717) is 28.3 Å². The molecule has 0 saturated carbocycles. The topological polar surface area (TPSA) is 111 Å². The number of benzene rings is 3. The molecule has 0 unspecified atom stereocenters. The number of hydrogen-bond acceptors (Lipinski definition) is 4. The summed E-state index contributed by atoms with van der Waals surface area (Å²) in [5.41, 5.74) is 6.41. The summed E-state index contributed by atoms with van der Waals surface area (Å²) in [5.74, 6) is -0.0184. The van der Waals surface area contributed by atoms with Gasteiger partial charge in [0, 0.05) is 16.8 Å². The lowest BCUT2D eigenvalue weighted by atomic mass is 10.2. The Morgan fingerprint density at radius 1 is 0.759 bits per heavy atom. The summed E-state index contributed by atoms with van der Waals surface area (Å²) >= 11 is 0. The number of nitrogens with one attached hydrogen (secondary N) is 2. The van der Waals surface area contributed by atoms with Gasteiger partial charge in [0.15, 0.2) is 0 Å². The minimum absolute atomic E-state index is 0.196. The van der Waals surface area contributed by atoms with E-state index in [9.17, 15) is 14.4 Å². The lowest BCUT2D eigenvalue weighted by Gasteiger charge is -2.09. The van der Waals surface area contributed by atoms with Crippen LogP contribution in [0.4, 0.5) is 5.69 Å². The van der Waals surface area contributed by atoms with Gasteiger partial charge in [0.2, 0.25) is 11.8 Å². The van der Waals surface area contributed by atoms with Gasteiger partial charge in [-0.05, 0) is 60.7 Å². The number of para-hydroxylation sites is 1. The van der Waals surface area contributed by atoms with Crippen LogP contribution < -0.4 is 21.1 Å². The molecular formula is C22H19N3O4. The number of anilines is 1. The van der Waals surface area contributed by atoms with Crippen molar-refractivity contribution in [3.63, 3.8) is 0 Å². The fourth-order valence-electron chi connectivity index (χ4n) is 2.48. The van der Waals surface area contributed by atoms with Gasteiger partial charge in [-0.3, -0.25) is 14.4 Å². The van der Waals surface area contributed by atoms with Crippen molar-refractivity contribution in [2.24, 2.45) is 5.73 Å². The molecule has 0 saturated heterocycles. The zero-order valence-corrected chi connectivity index (χ0v) is 15.4. The highest BCUT2D eigenvalue weighted by atomic mass is 16.5. The first kappa shape index (κ1) is 19.6. The molecule has 3 rings (SSSR count). The van der Waals surface area contributed by atoms with Crippen LogP contribution in [0, 0.1) is 0 Å². The van der Waals surface area contributed by atoms with Crippen LogP contribution in [0.1, 0.15) is 20.7 Å². The Morgan fingerprint density at radius 2 is 1.34 bits per heavy atom. The minimum atomic E-state index is -0.546. The summed E-state index contributed by atoms with van der Waals surface area (Å²) in [6, 6.07) is 22.0. The molecule has 4 N–H and O–H groups in total. The van der Waals surface area contributed by atoms with Crippen molar-refractivity contribution >= 4 is 23.4 Å². The third-order valence-electron chi connectivity index (χ3n) is 3.96. The SMILES string of the molecule is NC(=O)c1ccc(NC(=O)CNC(=O)c2ccc(Oc3ccccc3)cc2)cc1. The molecule has 0 atom stereocenters. The molecule has 146 valence electrons. The van der Waals surface area contributed by atoms with Crippen LogP contribution in [0.25, 0.3) is 0 Å². The molecule has 0 bridgehead atoms. The molecule has 0 radical (unpaired) electrons. The lowest BCUT2D eigenvalue weighted by Crippen LogP contribution is -2.32. The summed E-state index contributed by atoms with van der Waals surface area (Å²) in [7, 11) is 0. The number of nitrogens with two attached hydrogens (primary N) is 1. The first-order chi connectivity index (χ1) is 14.0. The third kappa shape index (κ3) is 5.67. The van der Waals surface area contributed by atoms with E-state index >= 15 is 0 Å². The van der Waals surface area contributed by atoms with Crippen LogP contribution in [0.5, 0.6) is 11.5 Å². The molecule has 3 aromatic rings. The largest absolute Gasteiger partial charge is 0.457 e. The van der Waals surface area contributed by atoms with Gasteiger partial charge in [0.05, 0.1) is 6.54 Å². The second-order valence-electron chi connectivity index (χ2n) is 6.11. The summed E-state index contributed by atoms with van der Waals surface area (Å²) in [5, 5.41) is 5.18. The Kier molecular flexibility index (Phi) is 6.22. The van der Waals surface area contributed by atoms with E-state index in [-0.39, 0.29) is 12.5 Å². The van der Waals surface area contributed by atoms with Crippen molar-refractivity contribution in [1.82, 2.24) is 5.32 Å². The van der Waals surface area contributed by atoms with Crippen molar-refractivity contribution in [1.29, 1.82) is 0 Å². The number of rotatable bonds is 7. The number of carbonyl (C=O) groups is 3. The maximum Gasteiger partial charge on any atom is 0.251 e. The van der Waals surface area contributed by atoms with Crippen molar-refractivity contribution in [2.45, 2.75) is 0 Å². The van der Waals surface area contributed by atoms with E-state index in [1.807, 2.05) is 30.3 Å². The van der Waals surface area contributed by atoms with E-state index in [4.69, 9.17) is 10.5 Å². The third-order valence-corrected chi connectivity index (χ3v) is 3.96. The van der Waals surface area contributed by atoms with Crippen LogP contribution in [-0.2, 0) is 4.79 Å². The molecule has 0 spiro atoms. The monoisotopic (exact) mass is 389 g/mol. The van der Waals surface area contributed by atoms with Crippen LogP contribution in [-0.4, -0.2) is 24.3 Å². The zero-order chi connectivity index (χ0) is 20.6. The van der Waals surface area contributed by atoms with E-state index in [0.717, 1.165) is 0 Å². The summed E-state index contributed by atoms with van der Waals surface area (Å²) in [6.45, 7) is -0.196. The maximum atomic E-state index is 12.2. The van der Waals surface area contributed by atoms with Gasteiger partial charge in [0.1, 0.15) is 11.5 Å². The van der Waals surface area contributed by atoms with Crippen LogP contribution in [0.3, 0.4) is 0 Å². The van der Waals surface area contributed by atoms with Crippen molar-refractivity contribution in [3.8, 4) is 11.5 Å². The van der Waals surface area contributed by atoms with Gasteiger partial charge in [-0.15, -0.1) is 0 Å². The van der Waals surface area contributed by atoms with Gasteiger partial charge in [0.25, 0.3) is 5.91 Å². The van der Waals surface area contributed by atoms with Crippen LogP contribution >= 0.6 is 0 Å². The fourth-order valence-corrected chi connectivity index (χ4v) is 2.48. The average molecular weight is 389 g/mol. The highest BCUT2D eigenvalue weighted by Gasteiger charge is 2.09. The zero-order valence-electron chi connectivity index (χ0n) is 15.4. The number of primary amides is 1. The van der Waals surface area contributed by atoms with Gasteiger partial charge in [-0.25, -0.2) is 0 Å². The van der Waals surface area contributed by atoms with E-state index in [1.165, 1.54) is 12.1 Å². The first-order valence-electron chi connectivity index (χ1n) is 8.82. The summed E-state index contributed by atoms with van der Waals surface area (Å²) in [6.07, 6.45) is 0. The molecule has 7 heteroatoms. The molecule has 0 heterocycles. The number of ether oxygens (including phenoxy) is 1. The van der Waals surface area contributed by atoms with E-state index < -0.39 is 11.8 Å². The van der Waals surface area contributed by atoms with Crippen molar-refractivity contribution in [3.05, 3.63) is 90.0 Å². The second kappa shape index (κ2) is 9.18. The number of hydrogen-bond donors (Lipinski definition) is 3. The first-order valence-corrected chi connectivity index (χ1v) is 8.82. The molecule has 29 heavy (non-hydrogen) atoms. The van der Waals surface area contributed by atoms with E-state index in [2.05, 4.69) is 10.6 Å². The molecule has 3 aromatic carbocycles. The van der Waals surface area contributed by atoms with Gasteiger partial charge in [-0.1, -0.05) is 18.2 Å². The highest BCUT2D eigenvalue weighted by Crippen LogP contribution is 2.21. The smallest absolute Gasteiger partial charge is 0.251 e. The Hall–Kier alpha value is -4.13. The van der Waals surface area contributed by atoms with Gasteiger partial charge >= 0.3 is 0 Å². The lowest BCUT2D eigenvalue weighted by molar-refractivity contribution is -0.115. The van der Waals surface area contributed by atoms with E-state index in [1.54, 1.807) is 36.4 Å². The normalized spacial score (nSPS) is 10.1. The molecule has 0 aliphatic heterocycles. The molecule has 0 fully saturated rings. The number of carbonyl (C=O) groups excluding carboxylic acids is 3. The summed E-state index contributed by atoms with van der Waals surface area (Å²) < 4.78 is 5.68. The number of amides is 3. The van der Waals surface area contributed by atoms with Crippen LogP contribution in [0.2, 0.25) is 0 Å². The molecule has 0 aliphatic carbocycles. The van der Waals surface area contributed by atoms with Gasteiger partial charge in [-0.2, -0.15) is 0 Å². The second-order valence-corrected chi connectivity index (χ2v) is 6.11. The average Bonchev–Trinajstić information content (AvgIpc) is 2.74. The molecule has 3 amide bonds. The quantitative estimate of drug-likeness (QED) is 0.577. The Morgan fingerprint density at radius 3 is 1.97 bits per heavy atom. The minimum Gasteiger partial charge on any atom is -0.457 e.